The lowest BCUT2D eigenvalue weighted by atomic mass is 9.94. The van der Waals surface area contributed by atoms with Gasteiger partial charge in [-0.25, -0.2) is 13.8 Å². The van der Waals surface area contributed by atoms with E-state index in [0.717, 1.165) is 12.1 Å². The van der Waals surface area contributed by atoms with Crippen LogP contribution in [0, 0.1) is 11.6 Å². The number of benzene rings is 2. The molecule has 33 heavy (non-hydrogen) atoms. The van der Waals surface area contributed by atoms with Crippen LogP contribution in [0.2, 0.25) is 0 Å². The zero-order chi connectivity index (χ0) is 23.3. The standard InChI is InChI=1S/C22H20F5N3O3/c1-11-9-30(6-7-31-11)16-10-32-17-8-12(23)2-3-13(17)18(16)29-19-14(24)4-5-15-20(19)33-21(28-15)22(25,26)27/h2-5,8,11,16,18,29H,6-7,9-10H2,1H3. The minimum Gasteiger partial charge on any atom is -0.491 e. The largest absolute Gasteiger partial charge is 0.491 e. The van der Waals surface area contributed by atoms with Gasteiger partial charge in [-0.2, -0.15) is 13.2 Å². The monoisotopic (exact) mass is 469 g/mol. The van der Waals surface area contributed by atoms with Crippen LogP contribution in [0.3, 0.4) is 0 Å². The minimum absolute atomic E-state index is 0.0437. The van der Waals surface area contributed by atoms with Crippen molar-refractivity contribution in [3.8, 4) is 5.75 Å². The van der Waals surface area contributed by atoms with Gasteiger partial charge < -0.3 is 19.2 Å². The molecule has 0 radical (unpaired) electrons. The molecule has 0 amide bonds. The highest BCUT2D eigenvalue weighted by Crippen LogP contribution is 2.41. The van der Waals surface area contributed by atoms with Crippen LogP contribution >= 0.6 is 0 Å². The van der Waals surface area contributed by atoms with E-state index >= 15 is 0 Å². The average Bonchev–Trinajstić information content (AvgIpc) is 3.21. The number of morpholine rings is 1. The Morgan fingerprint density at radius 1 is 1.15 bits per heavy atom. The Kier molecular flexibility index (Phi) is 5.40. The summed E-state index contributed by atoms with van der Waals surface area (Å²) < 4.78 is 84.5. The second kappa shape index (κ2) is 8.14. The van der Waals surface area contributed by atoms with E-state index in [4.69, 9.17) is 13.9 Å². The molecule has 1 aromatic heterocycles. The molecule has 1 saturated heterocycles. The van der Waals surface area contributed by atoms with Crippen LogP contribution in [0.1, 0.15) is 24.4 Å². The molecule has 3 heterocycles. The molecule has 6 nitrogen and oxygen atoms in total. The number of fused-ring (bicyclic) bond motifs is 2. The quantitative estimate of drug-likeness (QED) is 0.559. The van der Waals surface area contributed by atoms with Crippen LogP contribution in [0.4, 0.5) is 27.6 Å². The molecule has 1 fully saturated rings. The first kappa shape index (κ1) is 21.9. The predicted molar refractivity (Wildman–Crippen MR) is 108 cm³/mol. The highest BCUT2D eigenvalue weighted by molar-refractivity contribution is 5.87. The highest BCUT2D eigenvalue weighted by Gasteiger charge is 2.40. The lowest BCUT2D eigenvalue weighted by Gasteiger charge is -2.43. The maximum atomic E-state index is 14.9. The number of aromatic nitrogens is 1. The van der Waals surface area contributed by atoms with E-state index in [9.17, 15) is 22.0 Å². The molecular weight excluding hydrogens is 449 g/mol. The van der Waals surface area contributed by atoms with Crippen LogP contribution in [0.25, 0.3) is 11.1 Å². The molecule has 3 atom stereocenters. The first-order valence-electron chi connectivity index (χ1n) is 10.4. The summed E-state index contributed by atoms with van der Waals surface area (Å²) >= 11 is 0. The summed E-state index contributed by atoms with van der Waals surface area (Å²) in [4.78, 5) is 5.56. The molecule has 11 heteroatoms. The molecule has 2 aromatic carbocycles. The smallest absolute Gasteiger partial charge is 0.468 e. The number of ether oxygens (including phenoxy) is 2. The van der Waals surface area contributed by atoms with Gasteiger partial charge in [-0.1, -0.05) is 6.07 Å². The zero-order valence-electron chi connectivity index (χ0n) is 17.5. The van der Waals surface area contributed by atoms with E-state index in [2.05, 4.69) is 15.2 Å². The summed E-state index contributed by atoms with van der Waals surface area (Å²) in [5.74, 6) is -2.47. The van der Waals surface area contributed by atoms with Gasteiger partial charge in [0.25, 0.3) is 0 Å². The van der Waals surface area contributed by atoms with E-state index in [1.807, 2.05) is 6.92 Å². The summed E-state index contributed by atoms with van der Waals surface area (Å²) in [6, 6.07) is 5.22. The minimum atomic E-state index is -4.82. The van der Waals surface area contributed by atoms with Crippen molar-refractivity contribution in [2.45, 2.75) is 31.3 Å². The number of alkyl halides is 3. The molecule has 5 rings (SSSR count). The molecular formula is C22H20F5N3O3. The van der Waals surface area contributed by atoms with Gasteiger partial charge in [-0.15, -0.1) is 0 Å². The SMILES string of the molecule is CC1CN(C2COc3cc(F)ccc3C2Nc2c(F)ccc3nc(C(F)(F)F)oc23)CCO1. The fourth-order valence-electron chi connectivity index (χ4n) is 4.38. The number of nitrogens with zero attached hydrogens (tertiary/aromatic N) is 2. The summed E-state index contributed by atoms with van der Waals surface area (Å²) in [6.07, 6.45) is -4.86. The summed E-state index contributed by atoms with van der Waals surface area (Å²) in [5, 5.41) is 3.03. The number of hydrogen-bond donors (Lipinski definition) is 1. The Balaban J connectivity index is 1.58. The molecule has 0 aliphatic carbocycles. The topological polar surface area (TPSA) is 59.8 Å². The van der Waals surface area contributed by atoms with E-state index < -0.39 is 29.7 Å². The number of oxazole rings is 1. The van der Waals surface area contributed by atoms with Crippen molar-refractivity contribution in [3.05, 3.63) is 53.4 Å². The van der Waals surface area contributed by atoms with Crippen LogP contribution in [0.5, 0.6) is 5.75 Å². The Bertz CT molecular complexity index is 1180. The van der Waals surface area contributed by atoms with Gasteiger partial charge in [0.05, 0.1) is 24.8 Å². The van der Waals surface area contributed by atoms with Crippen molar-refractivity contribution in [2.75, 3.05) is 31.6 Å². The van der Waals surface area contributed by atoms with Gasteiger partial charge in [-0.05, 0) is 25.1 Å². The van der Waals surface area contributed by atoms with Gasteiger partial charge in [0.1, 0.15) is 35.2 Å². The van der Waals surface area contributed by atoms with Crippen molar-refractivity contribution in [3.63, 3.8) is 0 Å². The highest BCUT2D eigenvalue weighted by atomic mass is 19.4. The number of anilines is 1. The van der Waals surface area contributed by atoms with Gasteiger partial charge in [0.15, 0.2) is 5.58 Å². The first-order chi connectivity index (χ1) is 15.7. The number of halogens is 5. The predicted octanol–water partition coefficient (Wildman–Crippen LogP) is 4.76. The van der Waals surface area contributed by atoms with Crippen molar-refractivity contribution in [2.24, 2.45) is 0 Å². The third-order valence-electron chi connectivity index (χ3n) is 5.90. The Labute approximate surface area is 185 Å². The van der Waals surface area contributed by atoms with Crippen LogP contribution in [-0.2, 0) is 10.9 Å². The number of hydrogen-bond acceptors (Lipinski definition) is 6. The van der Waals surface area contributed by atoms with E-state index in [1.54, 1.807) is 0 Å². The maximum Gasteiger partial charge on any atom is 0.468 e. The Hall–Kier alpha value is -2.92. The molecule has 3 unspecified atom stereocenters. The summed E-state index contributed by atoms with van der Waals surface area (Å²) in [7, 11) is 0. The van der Waals surface area contributed by atoms with E-state index in [1.165, 1.54) is 18.2 Å². The normalized spacial score (nSPS) is 23.9. The Morgan fingerprint density at radius 2 is 1.97 bits per heavy atom. The first-order valence-corrected chi connectivity index (χ1v) is 10.4. The molecule has 2 aliphatic rings. The fourth-order valence-corrected chi connectivity index (χ4v) is 4.38. The van der Waals surface area contributed by atoms with Crippen molar-refractivity contribution in [1.82, 2.24) is 9.88 Å². The summed E-state index contributed by atoms with van der Waals surface area (Å²) in [5.41, 5.74) is -0.163. The van der Waals surface area contributed by atoms with Crippen LogP contribution in [0.15, 0.2) is 34.7 Å². The molecule has 3 aromatic rings. The van der Waals surface area contributed by atoms with Crippen LogP contribution < -0.4 is 10.1 Å². The molecule has 176 valence electrons. The lowest BCUT2D eigenvalue weighted by molar-refractivity contribution is -0.156. The second-order valence-electron chi connectivity index (χ2n) is 8.15. The lowest BCUT2D eigenvalue weighted by Crippen LogP contribution is -2.54. The molecule has 0 spiro atoms. The van der Waals surface area contributed by atoms with Gasteiger partial charge in [0.2, 0.25) is 0 Å². The van der Waals surface area contributed by atoms with Gasteiger partial charge >= 0.3 is 12.1 Å². The van der Waals surface area contributed by atoms with Gasteiger partial charge in [-0.3, -0.25) is 4.90 Å². The molecule has 0 bridgehead atoms. The average molecular weight is 469 g/mol. The van der Waals surface area contributed by atoms with Crippen molar-refractivity contribution < 1.29 is 35.8 Å². The molecule has 2 aliphatic heterocycles. The number of rotatable bonds is 3. The fraction of sp³-hybridized carbons (Fsp3) is 0.409. The molecule has 0 saturated carbocycles. The maximum absolute atomic E-state index is 14.9. The zero-order valence-corrected chi connectivity index (χ0v) is 17.5. The van der Waals surface area contributed by atoms with E-state index in [0.29, 0.717) is 25.3 Å². The Morgan fingerprint density at radius 3 is 2.73 bits per heavy atom. The third kappa shape index (κ3) is 4.10. The van der Waals surface area contributed by atoms with Gasteiger partial charge in [0, 0.05) is 24.7 Å². The van der Waals surface area contributed by atoms with Crippen molar-refractivity contribution >= 4 is 16.8 Å². The van der Waals surface area contributed by atoms with E-state index in [-0.39, 0.29) is 41.3 Å². The van der Waals surface area contributed by atoms with Crippen LogP contribution in [-0.4, -0.2) is 48.3 Å². The summed E-state index contributed by atoms with van der Waals surface area (Å²) in [6.45, 7) is 3.75. The second-order valence-corrected chi connectivity index (χ2v) is 8.15. The van der Waals surface area contributed by atoms with Crippen molar-refractivity contribution in [1.29, 1.82) is 0 Å². The third-order valence-corrected chi connectivity index (χ3v) is 5.90. The molecule has 1 N–H and O–H groups in total. The number of nitrogens with one attached hydrogen (secondary N) is 1.